The van der Waals surface area contributed by atoms with Gasteiger partial charge in [-0.25, -0.2) is 4.79 Å². The van der Waals surface area contributed by atoms with Gasteiger partial charge in [-0.05, 0) is 6.07 Å². The molecule has 0 radical (unpaired) electrons. The number of hydrogen-bond donors (Lipinski definition) is 1. The van der Waals surface area contributed by atoms with Gasteiger partial charge < -0.3 is 9.84 Å². The van der Waals surface area contributed by atoms with E-state index in [9.17, 15) is 9.90 Å². The summed E-state index contributed by atoms with van der Waals surface area (Å²) in [5.74, 6) is -0.991. The predicted octanol–water partition coefficient (Wildman–Crippen LogP) is 1.84. The molecule has 0 saturated carbocycles. The Kier molecular flexibility index (Phi) is 2.88. The average molecular weight is 228 g/mol. The van der Waals surface area contributed by atoms with E-state index in [4.69, 9.17) is 10.00 Å². The standard InChI is InChI=1S/C12H8N2O3/c13-5-6-17-10-7-14-9-4-2-1-3-8(9)11(10)12(15)16/h1-4,7H,6H2,(H,15,16). The first kappa shape index (κ1) is 10.9. The molecule has 1 aromatic heterocycles. The fraction of sp³-hybridized carbons (Fsp3) is 0.0833. The Labute approximate surface area is 96.9 Å². The molecule has 0 atom stereocenters. The van der Waals surface area contributed by atoms with E-state index in [1.807, 2.05) is 0 Å². The van der Waals surface area contributed by atoms with Gasteiger partial charge in [-0.2, -0.15) is 5.26 Å². The molecule has 0 aliphatic heterocycles. The van der Waals surface area contributed by atoms with Gasteiger partial charge in [0.1, 0.15) is 11.6 Å². The Morgan fingerprint density at radius 2 is 2.24 bits per heavy atom. The number of nitriles is 1. The number of hydrogen-bond acceptors (Lipinski definition) is 4. The van der Waals surface area contributed by atoms with Gasteiger partial charge >= 0.3 is 5.97 Å². The van der Waals surface area contributed by atoms with Crippen molar-refractivity contribution in [1.29, 1.82) is 5.26 Å². The zero-order valence-corrected chi connectivity index (χ0v) is 8.75. The summed E-state index contributed by atoms with van der Waals surface area (Å²) in [7, 11) is 0. The number of aromatic carboxylic acids is 1. The molecule has 0 unspecified atom stereocenters. The third-order valence-corrected chi connectivity index (χ3v) is 2.25. The van der Waals surface area contributed by atoms with E-state index in [0.717, 1.165) is 0 Å². The lowest BCUT2D eigenvalue weighted by atomic mass is 10.1. The van der Waals surface area contributed by atoms with Crippen LogP contribution in [-0.4, -0.2) is 22.7 Å². The fourth-order valence-electron chi connectivity index (χ4n) is 1.56. The van der Waals surface area contributed by atoms with E-state index >= 15 is 0 Å². The zero-order chi connectivity index (χ0) is 12.3. The molecule has 2 aromatic rings. The van der Waals surface area contributed by atoms with Crippen LogP contribution < -0.4 is 4.74 Å². The number of carboxylic acid groups (broad SMARTS) is 1. The molecule has 0 fully saturated rings. The molecule has 0 saturated heterocycles. The molecule has 2 rings (SSSR count). The zero-order valence-electron chi connectivity index (χ0n) is 8.75. The normalized spacial score (nSPS) is 9.82. The maximum atomic E-state index is 11.2. The van der Waals surface area contributed by atoms with Crippen molar-refractivity contribution in [3.05, 3.63) is 36.0 Å². The first-order valence-corrected chi connectivity index (χ1v) is 4.85. The van der Waals surface area contributed by atoms with Crippen LogP contribution in [0, 0.1) is 11.3 Å². The molecule has 17 heavy (non-hydrogen) atoms. The van der Waals surface area contributed by atoms with Crippen LogP contribution in [0.25, 0.3) is 10.9 Å². The van der Waals surface area contributed by atoms with Gasteiger partial charge in [-0.1, -0.05) is 18.2 Å². The topological polar surface area (TPSA) is 83.2 Å². The fourth-order valence-corrected chi connectivity index (χ4v) is 1.56. The monoisotopic (exact) mass is 228 g/mol. The lowest BCUT2D eigenvalue weighted by Gasteiger charge is -2.08. The van der Waals surface area contributed by atoms with Crippen molar-refractivity contribution < 1.29 is 14.6 Å². The van der Waals surface area contributed by atoms with Crippen molar-refractivity contribution in [2.75, 3.05) is 6.61 Å². The van der Waals surface area contributed by atoms with Crippen LogP contribution in [0.4, 0.5) is 0 Å². The second-order valence-corrected chi connectivity index (χ2v) is 3.27. The Balaban J connectivity index is 2.65. The SMILES string of the molecule is N#CCOc1cnc2ccccc2c1C(=O)O. The molecule has 0 aliphatic carbocycles. The molecule has 5 nitrogen and oxygen atoms in total. The minimum atomic E-state index is -1.10. The number of nitrogens with zero attached hydrogens (tertiary/aromatic N) is 2. The quantitative estimate of drug-likeness (QED) is 0.866. The molecular weight excluding hydrogens is 220 g/mol. The van der Waals surface area contributed by atoms with Crippen molar-refractivity contribution in [3.8, 4) is 11.8 Å². The summed E-state index contributed by atoms with van der Waals surface area (Å²) in [5, 5.41) is 18.1. The highest BCUT2D eigenvalue weighted by molar-refractivity contribution is 6.04. The van der Waals surface area contributed by atoms with E-state index in [1.54, 1.807) is 30.3 Å². The molecule has 1 N–H and O–H groups in total. The van der Waals surface area contributed by atoms with Crippen molar-refractivity contribution in [2.24, 2.45) is 0 Å². The number of benzene rings is 1. The Bertz CT molecular complexity index is 617. The van der Waals surface area contributed by atoms with Crippen molar-refractivity contribution in [1.82, 2.24) is 4.98 Å². The number of fused-ring (bicyclic) bond motifs is 1. The number of ether oxygens (including phenoxy) is 1. The molecule has 1 heterocycles. The summed E-state index contributed by atoms with van der Waals surface area (Å²) in [6.07, 6.45) is 1.32. The Morgan fingerprint density at radius 3 is 2.94 bits per heavy atom. The van der Waals surface area contributed by atoms with Crippen LogP contribution in [0.2, 0.25) is 0 Å². The van der Waals surface area contributed by atoms with Gasteiger partial charge in [0, 0.05) is 5.39 Å². The molecule has 5 heteroatoms. The van der Waals surface area contributed by atoms with Crippen molar-refractivity contribution in [3.63, 3.8) is 0 Å². The van der Waals surface area contributed by atoms with Crippen LogP contribution in [0.5, 0.6) is 5.75 Å². The number of aromatic nitrogens is 1. The first-order valence-electron chi connectivity index (χ1n) is 4.85. The van der Waals surface area contributed by atoms with E-state index in [0.29, 0.717) is 10.9 Å². The highest BCUT2D eigenvalue weighted by atomic mass is 16.5. The van der Waals surface area contributed by atoms with Crippen LogP contribution in [-0.2, 0) is 0 Å². The molecule has 0 bridgehead atoms. The maximum absolute atomic E-state index is 11.2. The molecule has 0 aliphatic rings. The van der Waals surface area contributed by atoms with E-state index < -0.39 is 5.97 Å². The van der Waals surface area contributed by atoms with Crippen LogP contribution in [0.1, 0.15) is 10.4 Å². The minimum absolute atomic E-state index is 0.0332. The largest absolute Gasteiger partial charge is 0.478 e. The third kappa shape index (κ3) is 2.01. The van der Waals surface area contributed by atoms with Crippen LogP contribution in [0.3, 0.4) is 0 Å². The lowest BCUT2D eigenvalue weighted by Crippen LogP contribution is -2.05. The average Bonchev–Trinajstić information content (AvgIpc) is 2.35. The highest BCUT2D eigenvalue weighted by Crippen LogP contribution is 2.25. The molecule has 0 spiro atoms. The van der Waals surface area contributed by atoms with Crippen molar-refractivity contribution in [2.45, 2.75) is 0 Å². The van der Waals surface area contributed by atoms with Crippen LogP contribution >= 0.6 is 0 Å². The summed E-state index contributed by atoms with van der Waals surface area (Å²) in [6.45, 7) is -0.208. The van der Waals surface area contributed by atoms with Gasteiger partial charge in [0.25, 0.3) is 0 Å². The first-order chi connectivity index (χ1) is 8.24. The number of para-hydroxylation sites is 1. The van der Waals surface area contributed by atoms with Gasteiger partial charge in [0.15, 0.2) is 12.4 Å². The number of carbonyl (C=O) groups is 1. The molecule has 0 amide bonds. The predicted molar refractivity (Wildman–Crippen MR) is 59.8 cm³/mol. The van der Waals surface area contributed by atoms with Crippen molar-refractivity contribution >= 4 is 16.9 Å². The van der Waals surface area contributed by atoms with Crippen LogP contribution in [0.15, 0.2) is 30.5 Å². The molecule has 1 aromatic carbocycles. The second kappa shape index (κ2) is 4.49. The summed E-state index contributed by atoms with van der Waals surface area (Å²) in [5.41, 5.74) is 0.611. The number of rotatable bonds is 3. The Hall–Kier alpha value is -2.61. The summed E-state index contributed by atoms with van der Waals surface area (Å²) in [4.78, 5) is 15.3. The third-order valence-electron chi connectivity index (χ3n) is 2.25. The van der Waals surface area contributed by atoms with E-state index in [-0.39, 0.29) is 17.9 Å². The highest BCUT2D eigenvalue weighted by Gasteiger charge is 2.16. The summed E-state index contributed by atoms with van der Waals surface area (Å²) >= 11 is 0. The minimum Gasteiger partial charge on any atom is -0.478 e. The smallest absolute Gasteiger partial charge is 0.340 e. The van der Waals surface area contributed by atoms with Gasteiger partial charge in [-0.15, -0.1) is 0 Å². The van der Waals surface area contributed by atoms with E-state index in [2.05, 4.69) is 4.98 Å². The number of pyridine rings is 1. The summed E-state index contributed by atoms with van der Waals surface area (Å²) in [6, 6.07) is 8.66. The van der Waals surface area contributed by atoms with Gasteiger partial charge in [-0.3, -0.25) is 4.98 Å². The van der Waals surface area contributed by atoms with Gasteiger partial charge in [0.2, 0.25) is 0 Å². The van der Waals surface area contributed by atoms with Gasteiger partial charge in [0.05, 0.1) is 11.7 Å². The molecule has 84 valence electrons. The number of carboxylic acids is 1. The summed E-state index contributed by atoms with van der Waals surface area (Å²) < 4.78 is 5.05. The maximum Gasteiger partial charge on any atom is 0.340 e. The molecular formula is C12H8N2O3. The second-order valence-electron chi connectivity index (χ2n) is 3.27. The Morgan fingerprint density at radius 1 is 1.47 bits per heavy atom. The lowest BCUT2D eigenvalue weighted by molar-refractivity contribution is 0.0695. The van der Waals surface area contributed by atoms with E-state index in [1.165, 1.54) is 6.20 Å².